The molecule has 0 unspecified atom stereocenters. The molecule has 0 fully saturated rings. The third-order valence-electron chi connectivity index (χ3n) is 4.68. The molecule has 0 aliphatic heterocycles. The molecular weight excluding hydrogens is 352 g/mol. The number of hydrogen-bond donors (Lipinski definition) is 2. The van der Waals surface area contributed by atoms with Gasteiger partial charge in [0.15, 0.2) is 17.5 Å². The Morgan fingerprint density at radius 1 is 0.929 bits per heavy atom. The first-order valence-corrected chi connectivity index (χ1v) is 9.64. The van der Waals surface area contributed by atoms with Crippen LogP contribution in [0.3, 0.4) is 0 Å². The molecule has 0 aliphatic carbocycles. The molecule has 3 N–H and O–H groups in total. The molecule has 6 nitrogen and oxygen atoms in total. The van der Waals surface area contributed by atoms with Crippen LogP contribution in [0.2, 0.25) is 0 Å². The van der Waals surface area contributed by atoms with E-state index in [0.29, 0.717) is 30.5 Å². The predicted octanol–water partition coefficient (Wildman–Crippen LogP) is 3.15. The average Bonchev–Trinajstić information content (AvgIpc) is 2.75. The number of ether oxygens (including phenoxy) is 2. The van der Waals surface area contributed by atoms with Crippen molar-refractivity contribution in [1.29, 1.82) is 0 Å². The second kappa shape index (κ2) is 11.2. The number of nitrogens with two attached hydrogens (primary N) is 1. The summed E-state index contributed by atoms with van der Waals surface area (Å²) in [5, 5.41) is 3.16. The van der Waals surface area contributed by atoms with Crippen LogP contribution in [-0.4, -0.2) is 38.2 Å². The standard InChI is InChI=1S/C22H32N4O2/c1-5-26(6-2)16-18-9-7-17(8-10-18)14-24-22(23)25-15-19-11-12-20(27-3)21(13-19)28-4/h7-13H,5-6,14-16H2,1-4H3,(H3,23,24,25). The zero-order chi connectivity index (χ0) is 20.4. The van der Waals surface area contributed by atoms with Crippen LogP contribution >= 0.6 is 0 Å². The second-order valence-electron chi connectivity index (χ2n) is 6.52. The maximum Gasteiger partial charge on any atom is 0.189 e. The summed E-state index contributed by atoms with van der Waals surface area (Å²) >= 11 is 0. The lowest BCUT2D eigenvalue weighted by Gasteiger charge is -2.18. The first kappa shape index (κ1) is 21.6. The van der Waals surface area contributed by atoms with Gasteiger partial charge in [-0.05, 0) is 41.9 Å². The lowest BCUT2D eigenvalue weighted by Crippen LogP contribution is -2.31. The first-order valence-electron chi connectivity index (χ1n) is 9.64. The van der Waals surface area contributed by atoms with Gasteiger partial charge in [-0.15, -0.1) is 0 Å². The minimum atomic E-state index is 0.419. The van der Waals surface area contributed by atoms with E-state index in [2.05, 4.69) is 53.3 Å². The van der Waals surface area contributed by atoms with Gasteiger partial charge in [-0.1, -0.05) is 44.2 Å². The molecule has 0 radical (unpaired) electrons. The van der Waals surface area contributed by atoms with Crippen LogP contribution in [0, 0.1) is 0 Å². The van der Waals surface area contributed by atoms with Crippen LogP contribution < -0.4 is 20.5 Å². The predicted molar refractivity (Wildman–Crippen MR) is 115 cm³/mol. The van der Waals surface area contributed by atoms with Crippen molar-refractivity contribution in [2.45, 2.75) is 33.5 Å². The van der Waals surface area contributed by atoms with Crippen molar-refractivity contribution in [3.05, 3.63) is 59.2 Å². The molecule has 0 bridgehead atoms. The Bertz CT molecular complexity index is 756. The highest BCUT2D eigenvalue weighted by Gasteiger charge is 2.05. The van der Waals surface area contributed by atoms with E-state index in [1.165, 1.54) is 11.1 Å². The Morgan fingerprint density at radius 3 is 2.14 bits per heavy atom. The van der Waals surface area contributed by atoms with E-state index in [1.807, 2.05) is 18.2 Å². The normalized spacial score (nSPS) is 11.5. The van der Waals surface area contributed by atoms with Crippen LogP contribution in [0.1, 0.15) is 30.5 Å². The van der Waals surface area contributed by atoms with Crippen molar-refractivity contribution in [3.63, 3.8) is 0 Å². The number of hydrogen-bond acceptors (Lipinski definition) is 4. The van der Waals surface area contributed by atoms with E-state index < -0.39 is 0 Å². The molecule has 6 heteroatoms. The van der Waals surface area contributed by atoms with Gasteiger partial charge in [0, 0.05) is 13.1 Å². The zero-order valence-electron chi connectivity index (χ0n) is 17.4. The van der Waals surface area contributed by atoms with Crippen molar-refractivity contribution < 1.29 is 9.47 Å². The number of rotatable bonds is 10. The number of aliphatic imine (C=N–C) groups is 1. The smallest absolute Gasteiger partial charge is 0.189 e. The third kappa shape index (κ3) is 6.46. The molecule has 152 valence electrons. The largest absolute Gasteiger partial charge is 0.493 e. The lowest BCUT2D eigenvalue weighted by atomic mass is 10.1. The molecule has 0 saturated heterocycles. The number of methoxy groups -OCH3 is 2. The summed E-state index contributed by atoms with van der Waals surface area (Å²) in [6.07, 6.45) is 0. The maximum atomic E-state index is 6.00. The van der Waals surface area contributed by atoms with Gasteiger partial charge in [-0.3, -0.25) is 4.90 Å². The molecule has 0 saturated carbocycles. The molecule has 0 amide bonds. The zero-order valence-corrected chi connectivity index (χ0v) is 17.4. The molecular formula is C22H32N4O2. The van der Waals surface area contributed by atoms with Crippen LogP contribution in [0.4, 0.5) is 0 Å². The highest BCUT2D eigenvalue weighted by Crippen LogP contribution is 2.27. The Morgan fingerprint density at radius 2 is 1.54 bits per heavy atom. The summed E-state index contributed by atoms with van der Waals surface area (Å²) < 4.78 is 10.6. The molecule has 0 spiro atoms. The second-order valence-corrected chi connectivity index (χ2v) is 6.52. The number of nitrogens with zero attached hydrogens (tertiary/aromatic N) is 2. The Balaban J connectivity index is 1.87. The van der Waals surface area contributed by atoms with Crippen LogP contribution in [-0.2, 0) is 19.6 Å². The van der Waals surface area contributed by atoms with Gasteiger partial charge in [0.05, 0.1) is 20.8 Å². The summed E-state index contributed by atoms with van der Waals surface area (Å²) in [6.45, 7) is 8.60. The third-order valence-corrected chi connectivity index (χ3v) is 4.68. The molecule has 0 atom stereocenters. The topological polar surface area (TPSA) is 72.1 Å². The van der Waals surface area contributed by atoms with E-state index >= 15 is 0 Å². The number of guanidine groups is 1. The highest BCUT2D eigenvalue weighted by atomic mass is 16.5. The molecule has 2 aromatic carbocycles. The average molecular weight is 385 g/mol. The number of benzene rings is 2. The minimum absolute atomic E-state index is 0.419. The van der Waals surface area contributed by atoms with E-state index in [0.717, 1.165) is 25.2 Å². The molecule has 28 heavy (non-hydrogen) atoms. The summed E-state index contributed by atoms with van der Waals surface area (Å²) in [4.78, 5) is 6.79. The van der Waals surface area contributed by atoms with Gasteiger partial charge >= 0.3 is 0 Å². The molecule has 0 heterocycles. The van der Waals surface area contributed by atoms with Gasteiger partial charge in [-0.25, -0.2) is 4.99 Å². The van der Waals surface area contributed by atoms with Gasteiger partial charge in [0.2, 0.25) is 0 Å². The van der Waals surface area contributed by atoms with Gasteiger partial charge in [-0.2, -0.15) is 0 Å². The van der Waals surface area contributed by atoms with E-state index in [1.54, 1.807) is 14.2 Å². The fourth-order valence-electron chi connectivity index (χ4n) is 2.87. The van der Waals surface area contributed by atoms with Crippen LogP contribution in [0.15, 0.2) is 47.5 Å². The van der Waals surface area contributed by atoms with E-state index in [9.17, 15) is 0 Å². The lowest BCUT2D eigenvalue weighted by molar-refractivity contribution is 0.296. The Kier molecular flexibility index (Phi) is 8.62. The van der Waals surface area contributed by atoms with Crippen molar-refractivity contribution in [2.24, 2.45) is 10.7 Å². The summed E-state index contributed by atoms with van der Waals surface area (Å²) in [5.74, 6) is 1.80. The number of nitrogens with one attached hydrogen (secondary N) is 1. The van der Waals surface area contributed by atoms with Crippen LogP contribution in [0.25, 0.3) is 0 Å². The van der Waals surface area contributed by atoms with Gasteiger partial charge in [0.25, 0.3) is 0 Å². The Hall–Kier alpha value is -2.73. The van der Waals surface area contributed by atoms with Crippen molar-refractivity contribution in [3.8, 4) is 11.5 Å². The molecule has 0 aromatic heterocycles. The van der Waals surface area contributed by atoms with Crippen molar-refractivity contribution in [1.82, 2.24) is 10.2 Å². The van der Waals surface area contributed by atoms with Crippen LogP contribution in [0.5, 0.6) is 11.5 Å². The van der Waals surface area contributed by atoms with Gasteiger partial charge < -0.3 is 20.5 Å². The summed E-state index contributed by atoms with van der Waals surface area (Å²) in [7, 11) is 3.24. The molecule has 2 rings (SSSR count). The maximum absolute atomic E-state index is 6.00. The minimum Gasteiger partial charge on any atom is -0.493 e. The highest BCUT2D eigenvalue weighted by molar-refractivity contribution is 5.77. The Labute approximate surface area is 168 Å². The van der Waals surface area contributed by atoms with E-state index in [-0.39, 0.29) is 0 Å². The SMILES string of the molecule is CCN(CC)Cc1ccc(CNC(N)=NCc2ccc(OC)c(OC)c2)cc1. The fourth-order valence-corrected chi connectivity index (χ4v) is 2.87. The van der Waals surface area contributed by atoms with Crippen molar-refractivity contribution >= 4 is 5.96 Å². The van der Waals surface area contributed by atoms with Gasteiger partial charge in [0.1, 0.15) is 0 Å². The summed E-state index contributed by atoms with van der Waals surface area (Å²) in [6, 6.07) is 14.3. The summed E-state index contributed by atoms with van der Waals surface area (Å²) in [5.41, 5.74) is 9.50. The molecule has 0 aliphatic rings. The monoisotopic (exact) mass is 384 g/mol. The van der Waals surface area contributed by atoms with E-state index in [4.69, 9.17) is 15.2 Å². The fraction of sp³-hybridized carbons (Fsp3) is 0.409. The van der Waals surface area contributed by atoms with Crippen molar-refractivity contribution in [2.75, 3.05) is 27.3 Å². The quantitative estimate of drug-likeness (QED) is 0.486. The first-order chi connectivity index (χ1) is 13.6. The molecule has 2 aromatic rings.